The topological polar surface area (TPSA) is 70.7 Å². The van der Waals surface area contributed by atoms with Crippen LogP contribution in [0.25, 0.3) is 0 Å². The largest absolute Gasteiger partial charge is 0.351 e. The van der Waals surface area contributed by atoms with Gasteiger partial charge in [0, 0.05) is 19.8 Å². The highest BCUT2D eigenvalue weighted by molar-refractivity contribution is 5.93. The number of nitrogens with one attached hydrogen (secondary N) is 1. The van der Waals surface area contributed by atoms with Crippen LogP contribution in [-0.2, 0) is 7.05 Å². The number of rotatable bonds is 3. The molecule has 5 heteroatoms. The quantitative estimate of drug-likeness (QED) is 0.749. The average molecular weight is 192 g/mol. The summed E-state index contributed by atoms with van der Waals surface area (Å²) < 4.78 is 1.56. The maximum Gasteiger partial charge on any atom is 0.254 e. The van der Waals surface area contributed by atoms with E-state index in [4.69, 9.17) is 5.26 Å². The molecule has 0 saturated carbocycles. The summed E-state index contributed by atoms with van der Waals surface area (Å²) in [4.78, 5) is 11.4. The molecule has 1 rings (SSSR count). The number of carbonyl (C=O) groups excluding carboxylic acids is 1. The van der Waals surface area contributed by atoms with E-state index in [1.807, 2.05) is 6.07 Å². The van der Waals surface area contributed by atoms with E-state index in [1.165, 1.54) is 6.20 Å². The van der Waals surface area contributed by atoms with Gasteiger partial charge >= 0.3 is 0 Å². The monoisotopic (exact) mass is 192 g/mol. The molecule has 1 aromatic heterocycles. The molecule has 0 aliphatic heterocycles. The van der Waals surface area contributed by atoms with Gasteiger partial charge in [-0.2, -0.15) is 10.4 Å². The number of amides is 1. The van der Waals surface area contributed by atoms with E-state index in [2.05, 4.69) is 10.4 Å². The van der Waals surface area contributed by atoms with E-state index in [9.17, 15) is 4.79 Å². The average Bonchev–Trinajstić information content (AvgIpc) is 2.60. The number of hydrogen-bond acceptors (Lipinski definition) is 3. The second-order valence-corrected chi connectivity index (χ2v) is 3.14. The number of carbonyl (C=O) groups is 1. The summed E-state index contributed by atoms with van der Waals surface area (Å²) in [5.74, 6) is -0.365. The molecule has 0 radical (unpaired) electrons. The molecule has 0 aromatic carbocycles. The van der Waals surface area contributed by atoms with Gasteiger partial charge in [0.2, 0.25) is 0 Å². The highest BCUT2D eigenvalue weighted by Gasteiger charge is 2.08. The Morgan fingerprint density at radius 3 is 3.07 bits per heavy atom. The predicted molar refractivity (Wildman–Crippen MR) is 50.3 cm³/mol. The molecular weight excluding hydrogens is 180 g/mol. The van der Waals surface area contributed by atoms with Gasteiger partial charge in [0.25, 0.3) is 5.91 Å². The molecule has 74 valence electrons. The minimum atomic E-state index is -0.194. The van der Waals surface area contributed by atoms with Crippen molar-refractivity contribution in [2.45, 2.75) is 6.92 Å². The van der Waals surface area contributed by atoms with Gasteiger partial charge in [-0.05, 0) is 6.92 Å². The molecule has 0 aliphatic carbocycles. The molecule has 0 aliphatic rings. The van der Waals surface area contributed by atoms with Crippen molar-refractivity contribution in [2.24, 2.45) is 13.0 Å². The molecule has 1 aromatic rings. The maximum absolute atomic E-state index is 11.4. The van der Waals surface area contributed by atoms with Gasteiger partial charge in [0.05, 0.1) is 23.7 Å². The normalized spacial score (nSPS) is 11.8. The van der Waals surface area contributed by atoms with Gasteiger partial charge in [-0.3, -0.25) is 9.48 Å². The lowest BCUT2D eigenvalue weighted by Gasteiger charge is -2.03. The van der Waals surface area contributed by atoms with Gasteiger partial charge < -0.3 is 5.32 Å². The van der Waals surface area contributed by atoms with Crippen LogP contribution in [0.5, 0.6) is 0 Å². The molecular formula is C9H12N4O. The van der Waals surface area contributed by atoms with E-state index < -0.39 is 0 Å². The maximum atomic E-state index is 11.4. The summed E-state index contributed by atoms with van der Waals surface area (Å²) in [7, 11) is 1.74. The molecule has 0 fully saturated rings. The zero-order chi connectivity index (χ0) is 10.6. The first kappa shape index (κ1) is 10.3. The van der Waals surface area contributed by atoms with E-state index in [-0.39, 0.29) is 11.8 Å². The molecule has 5 nitrogen and oxygen atoms in total. The van der Waals surface area contributed by atoms with Crippen molar-refractivity contribution in [2.75, 3.05) is 6.54 Å². The Hall–Kier alpha value is -1.83. The summed E-state index contributed by atoms with van der Waals surface area (Å²) in [6.45, 7) is 2.12. The molecule has 1 amide bonds. The zero-order valence-electron chi connectivity index (χ0n) is 8.19. The molecule has 0 saturated heterocycles. The van der Waals surface area contributed by atoms with Gasteiger partial charge in [-0.1, -0.05) is 0 Å². The first-order valence-corrected chi connectivity index (χ1v) is 4.30. The van der Waals surface area contributed by atoms with Gasteiger partial charge in [-0.15, -0.1) is 0 Å². The van der Waals surface area contributed by atoms with E-state index >= 15 is 0 Å². The van der Waals surface area contributed by atoms with Crippen molar-refractivity contribution in [1.29, 1.82) is 5.26 Å². The third-order valence-corrected chi connectivity index (χ3v) is 1.76. The predicted octanol–water partition coefficient (Wildman–Crippen LogP) is 0.310. The number of nitrogens with zero attached hydrogens (tertiary/aromatic N) is 3. The summed E-state index contributed by atoms with van der Waals surface area (Å²) in [6, 6.07) is 2.04. The number of aromatic nitrogens is 2. The van der Waals surface area contributed by atoms with Crippen molar-refractivity contribution >= 4 is 5.91 Å². The number of nitriles is 1. The van der Waals surface area contributed by atoms with Crippen LogP contribution in [-0.4, -0.2) is 22.2 Å². The van der Waals surface area contributed by atoms with Crippen LogP contribution in [0.2, 0.25) is 0 Å². The van der Waals surface area contributed by atoms with Gasteiger partial charge in [-0.25, -0.2) is 0 Å². The Bertz CT molecular complexity index is 363. The lowest BCUT2D eigenvalue weighted by Crippen LogP contribution is -2.27. The Kier molecular flexibility index (Phi) is 3.24. The van der Waals surface area contributed by atoms with E-state index in [0.717, 1.165) is 0 Å². The molecule has 14 heavy (non-hydrogen) atoms. The molecule has 0 spiro atoms. The summed E-state index contributed by atoms with van der Waals surface area (Å²) in [5.41, 5.74) is 0.512. The Balaban J connectivity index is 2.48. The fraction of sp³-hybridized carbons (Fsp3) is 0.444. The third-order valence-electron chi connectivity index (χ3n) is 1.76. The Labute approximate surface area is 82.3 Å². The molecule has 1 atom stereocenters. The first-order chi connectivity index (χ1) is 6.63. The van der Waals surface area contributed by atoms with Crippen molar-refractivity contribution < 1.29 is 4.79 Å². The molecule has 1 heterocycles. The van der Waals surface area contributed by atoms with Gasteiger partial charge in [0.15, 0.2) is 0 Å². The van der Waals surface area contributed by atoms with Gasteiger partial charge in [0.1, 0.15) is 0 Å². The smallest absolute Gasteiger partial charge is 0.254 e. The fourth-order valence-corrected chi connectivity index (χ4v) is 0.932. The van der Waals surface area contributed by atoms with E-state index in [0.29, 0.717) is 12.1 Å². The Morgan fingerprint density at radius 2 is 2.57 bits per heavy atom. The fourth-order valence-electron chi connectivity index (χ4n) is 0.932. The SMILES string of the molecule is CC(C#N)CNC(=O)c1cnn(C)c1. The summed E-state index contributed by atoms with van der Waals surface area (Å²) in [6.07, 6.45) is 3.12. The second kappa shape index (κ2) is 4.42. The lowest BCUT2D eigenvalue weighted by molar-refractivity contribution is 0.0950. The van der Waals surface area contributed by atoms with Crippen LogP contribution in [0.3, 0.4) is 0 Å². The van der Waals surface area contributed by atoms with Crippen LogP contribution < -0.4 is 5.32 Å². The minimum Gasteiger partial charge on any atom is -0.351 e. The molecule has 0 bridgehead atoms. The van der Waals surface area contributed by atoms with Crippen LogP contribution >= 0.6 is 0 Å². The summed E-state index contributed by atoms with van der Waals surface area (Å²) in [5, 5.41) is 15.0. The van der Waals surface area contributed by atoms with Crippen molar-refractivity contribution in [1.82, 2.24) is 15.1 Å². The van der Waals surface area contributed by atoms with Crippen molar-refractivity contribution in [3.8, 4) is 6.07 Å². The first-order valence-electron chi connectivity index (χ1n) is 4.30. The summed E-state index contributed by atoms with van der Waals surface area (Å²) >= 11 is 0. The zero-order valence-corrected chi connectivity index (χ0v) is 8.19. The second-order valence-electron chi connectivity index (χ2n) is 3.14. The highest BCUT2D eigenvalue weighted by Crippen LogP contribution is 1.96. The van der Waals surface area contributed by atoms with Crippen molar-refractivity contribution in [3.05, 3.63) is 18.0 Å². The lowest BCUT2D eigenvalue weighted by atomic mass is 10.2. The minimum absolute atomic E-state index is 0.171. The number of aryl methyl sites for hydroxylation is 1. The van der Waals surface area contributed by atoms with Crippen LogP contribution in [0.4, 0.5) is 0 Å². The van der Waals surface area contributed by atoms with Crippen LogP contribution in [0.1, 0.15) is 17.3 Å². The molecule has 1 N–H and O–H groups in total. The third kappa shape index (κ3) is 2.59. The van der Waals surface area contributed by atoms with Crippen LogP contribution in [0.15, 0.2) is 12.4 Å². The number of hydrogen-bond donors (Lipinski definition) is 1. The van der Waals surface area contributed by atoms with Crippen molar-refractivity contribution in [3.63, 3.8) is 0 Å². The molecule has 1 unspecified atom stereocenters. The van der Waals surface area contributed by atoms with Crippen LogP contribution in [0, 0.1) is 17.2 Å². The standard InChI is InChI=1S/C9H12N4O/c1-7(3-10)4-11-9(14)8-5-12-13(2)6-8/h5-7H,4H2,1-2H3,(H,11,14). The Morgan fingerprint density at radius 1 is 1.86 bits per heavy atom. The highest BCUT2D eigenvalue weighted by atomic mass is 16.1. The van der Waals surface area contributed by atoms with E-state index in [1.54, 1.807) is 24.9 Å².